The highest BCUT2D eigenvalue weighted by atomic mass is 16.4. The molecule has 1 fully saturated rings. The minimum Gasteiger partial charge on any atom is -0.481 e. The van der Waals surface area contributed by atoms with Crippen molar-refractivity contribution in [3.63, 3.8) is 0 Å². The number of carboxylic acid groups (broad SMARTS) is 1. The minimum absolute atomic E-state index is 0.0216. The van der Waals surface area contributed by atoms with Crippen molar-refractivity contribution in [2.75, 3.05) is 0 Å². The van der Waals surface area contributed by atoms with Crippen LogP contribution in [-0.4, -0.2) is 17.0 Å². The lowest BCUT2D eigenvalue weighted by Crippen LogP contribution is -2.41. The number of amides is 1. The van der Waals surface area contributed by atoms with Gasteiger partial charge < -0.3 is 10.4 Å². The van der Waals surface area contributed by atoms with Crippen molar-refractivity contribution in [2.45, 2.75) is 12.5 Å². The molecule has 2 aliphatic rings. The number of fused-ring (bicyclic) bond motifs is 2. The van der Waals surface area contributed by atoms with Crippen LogP contribution in [0.3, 0.4) is 0 Å². The van der Waals surface area contributed by atoms with Crippen LogP contribution in [0.4, 0.5) is 0 Å². The molecule has 132 valence electrons. The molecule has 2 aromatic carbocycles. The summed E-state index contributed by atoms with van der Waals surface area (Å²) >= 11 is 0. The summed E-state index contributed by atoms with van der Waals surface area (Å²) in [7, 11) is 0. The van der Waals surface area contributed by atoms with Crippen LogP contribution in [0.1, 0.15) is 23.6 Å². The van der Waals surface area contributed by atoms with Crippen LogP contribution < -0.4 is 5.32 Å². The summed E-state index contributed by atoms with van der Waals surface area (Å²) in [5.41, 5.74) is 1.97. The van der Waals surface area contributed by atoms with Gasteiger partial charge in [0.25, 0.3) is 0 Å². The van der Waals surface area contributed by atoms with Crippen molar-refractivity contribution in [3.8, 4) is 0 Å². The van der Waals surface area contributed by atoms with E-state index < -0.39 is 17.8 Å². The maximum atomic E-state index is 13.1. The van der Waals surface area contributed by atoms with Crippen LogP contribution in [0.2, 0.25) is 0 Å². The van der Waals surface area contributed by atoms with Crippen LogP contribution in [0, 0.1) is 23.7 Å². The number of allylic oxidation sites excluding steroid dienone is 2. The van der Waals surface area contributed by atoms with E-state index in [1.165, 1.54) is 0 Å². The van der Waals surface area contributed by atoms with Crippen LogP contribution >= 0.6 is 0 Å². The number of benzene rings is 2. The first-order valence-corrected chi connectivity index (χ1v) is 8.96. The predicted molar refractivity (Wildman–Crippen MR) is 98.2 cm³/mol. The molecule has 0 aliphatic heterocycles. The van der Waals surface area contributed by atoms with Gasteiger partial charge in [-0.3, -0.25) is 9.59 Å². The van der Waals surface area contributed by atoms with Gasteiger partial charge in [0.2, 0.25) is 5.91 Å². The molecular weight excluding hydrogens is 326 g/mol. The Balaban J connectivity index is 1.63. The van der Waals surface area contributed by atoms with Gasteiger partial charge in [0, 0.05) is 0 Å². The van der Waals surface area contributed by atoms with Crippen molar-refractivity contribution >= 4 is 11.9 Å². The Labute approximate surface area is 152 Å². The van der Waals surface area contributed by atoms with Gasteiger partial charge in [0.05, 0.1) is 17.9 Å². The lowest BCUT2D eigenvalue weighted by Gasteiger charge is -2.27. The molecule has 0 spiro atoms. The van der Waals surface area contributed by atoms with E-state index in [2.05, 4.69) is 5.32 Å². The lowest BCUT2D eigenvalue weighted by molar-refractivity contribution is -0.147. The standard InChI is InChI=1S/C22H21NO3/c24-21(18-16-11-12-17(13-16)19(18)22(25)26)23-20(14-7-3-1-4-8-14)15-9-5-2-6-10-15/h1-12,16-20H,13H2,(H,23,24)(H,25,26)/t16-,17-,18-,19-/m0/s1. The fourth-order valence-electron chi connectivity index (χ4n) is 4.40. The Morgan fingerprint density at radius 3 is 1.85 bits per heavy atom. The highest BCUT2D eigenvalue weighted by Gasteiger charge is 2.51. The molecule has 0 aromatic heterocycles. The number of carbonyl (C=O) groups is 2. The zero-order valence-corrected chi connectivity index (χ0v) is 14.3. The fraction of sp³-hybridized carbons (Fsp3) is 0.273. The molecule has 2 bridgehead atoms. The van der Waals surface area contributed by atoms with E-state index in [0.717, 1.165) is 17.5 Å². The van der Waals surface area contributed by atoms with Gasteiger partial charge >= 0.3 is 5.97 Å². The third-order valence-electron chi connectivity index (χ3n) is 5.60. The average molecular weight is 347 g/mol. The molecule has 2 aliphatic carbocycles. The van der Waals surface area contributed by atoms with Crippen molar-refractivity contribution in [1.82, 2.24) is 5.32 Å². The van der Waals surface area contributed by atoms with Gasteiger partial charge in [0.1, 0.15) is 0 Å². The van der Waals surface area contributed by atoms with Gasteiger partial charge in [0.15, 0.2) is 0 Å². The molecule has 4 atom stereocenters. The van der Waals surface area contributed by atoms with Gasteiger partial charge in [-0.2, -0.15) is 0 Å². The molecular formula is C22H21NO3. The number of hydrogen-bond acceptors (Lipinski definition) is 2. The largest absolute Gasteiger partial charge is 0.481 e. The van der Waals surface area contributed by atoms with Crippen molar-refractivity contribution in [1.29, 1.82) is 0 Å². The third kappa shape index (κ3) is 2.92. The maximum absolute atomic E-state index is 13.1. The SMILES string of the molecule is O=C(O)[C@@H]1[C@@H](C(=O)NC(c2ccccc2)c2ccccc2)[C@H]2C=C[C@H]1C2. The molecule has 26 heavy (non-hydrogen) atoms. The summed E-state index contributed by atoms with van der Waals surface area (Å²) in [6, 6.07) is 19.3. The topological polar surface area (TPSA) is 66.4 Å². The normalized spacial score (nSPS) is 26.2. The second-order valence-corrected chi connectivity index (χ2v) is 7.10. The summed E-state index contributed by atoms with van der Waals surface area (Å²) in [5, 5.41) is 12.7. The van der Waals surface area contributed by atoms with Crippen molar-refractivity contribution in [3.05, 3.63) is 83.9 Å². The molecule has 4 nitrogen and oxygen atoms in total. The van der Waals surface area contributed by atoms with Crippen molar-refractivity contribution in [2.24, 2.45) is 23.7 Å². The third-order valence-corrected chi connectivity index (χ3v) is 5.60. The number of nitrogens with one attached hydrogen (secondary N) is 1. The average Bonchev–Trinajstić information content (AvgIpc) is 3.29. The zero-order valence-electron chi connectivity index (χ0n) is 14.3. The molecule has 1 saturated carbocycles. The Morgan fingerprint density at radius 2 is 1.35 bits per heavy atom. The summed E-state index contributed by atoms with van der Waals surface area (Å²) in [6.45, 7) is 0. The Hall–Kier alpha value is -2.88. The first-order chi connectivity index (χ1) is 12.6. The van der Waals surface area contributed by atoms with E-state index in [1.54, 1.807) is 0 Å². The molecule has 2 aromatic rings. The molecule has 0 saturated heterocycles. The molecule has 0 heterocycles. The van der Waals surface area contributed by atoms with Gasteiger partial charge in [-0.15, -0.1) is 0 Å². The smallest absolute Gasteiger partial charge is 0.307 e. The quantitative estimate of drug-likeness (QED) is 0.815. The Morgan fingerprint density at radius 1 is 0.846 bits per heavy atom. The molecule has 0 radical (unpaired) electrons. The number of rotatable bonds is 5. The van der Waals surface area contributed by atoms with E-state index in [4.69, 9.17) is 0 Å². The van der Waals surface area contributed by atoms with Gasteiger partial charge in [-0.1, -0.05) is 72.8 Å². The minimum atomic E-state index is -0.877. The number of carbonyl (C=O) groups excluding carboxylic acids is 1. The number of aliphatic carboxylic acids is 1. The molecule has 1 amide bonds. The van der Waals surface area contributed by atoms with E-state index >= 15 is 0 Å². The van der Waals surface area contributed by atoms with Crippen molar-refractivity contribution < 1.29 is 14.7 Å². The van der Waals surface area contributed by atoms with Crippen LogP contribution in [0.5, 0.6) is 0 Å². The maximum Gasteiger partial charge on any atom is 0.307 e. The highest BCUT2D eigenvalue weighted by molar-refractivity contribution is 5.87. The summed E-state index contributed by atoms with van der Waals surface area (Å²) in [6.07, 6.45) is 4.73. The molecule has 0 unspecified atom stereocenters. The lowest BCUT2D eigenvalue weighted by atomic mass is 9.82. The second-order valence-electron chi connectivity index (χ2n) is 7.10. The highest BCUT2D eigenvalue weighted by Crippen LogP contribution is 2.48. The van der Waals surface area contributed by atoms with E-state index in [1.807, 2.05) is 72.8 Å². The summed E-state index contributed by atoms with van der Waals surface area (Å²) < 4.78 is 0. The van der Waals surface area contributed by atoms with E-state index in [-0.39, 0.29) is 23.8 Å². The van der Waals surface area contributed by atoms with Crippen LogP contribution in [0.25, 0.3) is 0 Å². The predicted octanol–water partition coefficient (Wildman–Crippen LogP) is 3.42. The van der Waals surface area contributed by atoms with Gasteiger partial charge in [-0.05, 0) is 29.4 Å². The number of carboxylic acids is 1. The number of hydrogen-bond donors (Lipinski definition) is 2. The molecule has 4 rings (SSSR count). The summed E-state index contributed by atoms with van der Waals surface area (Å²) in [5.74, 6) is -2.19. The van der Waals surface area contributed by atoms with Gasteiger partial charge in [-0.25, -0.2) is 0 Å². The van der Waals surface area contributed by atoms with E-state index in [0.29, 0.717) is 0 Å². The van der Waals surface area contributed by atoms with E-state index in [9.17, 15) is 14.7 Å². The first kappa shape index (κ1) is 16.6. The van der Waals surface area contributed by atoms with Crippen LogP contribution in [0.15, 0.2) is 72.8 Å². The second kappa shape index (κ2) is 6.79. The monoisotopic (exact) mass is 347 g/mol. The zero-order chi connectivity index (χ0) is 18.1. The molecule has 4 heteroatoms. The fourth-order valence-corrected chi connectivity index (χ4v) is 4.40. The Kier molecular flexibility index (Phi) is 4.33. The Bertz CT molecular complexity index is 791. The van der Waals surface area contributed by atoms with Crippen LogP contribution in [-0.2, 0) is 9.59 Å². The molecule has 2 N–H and O–H groups in total. The summed E-state index contributed by atoms with van der Waals surface area (Å²) in [4.78, 5) is 24.8. The first-order valence-electron chi connectivity index (χ1n) is 8.96.